The second kappa shape index (κ2) is 20.0. The van der Waals surface area contributed by atoms with Crippen LogP contribution in [0.2, 0.25) is 0 Å². The van der Waals surface area contributed by atoms with Crippen molar-refractivity contribution in [3.8, 4) is 0 Å². The molecule has 4 N–H and O–H groups in total. The first-order chi connectivity index (χ1) is 34.1. The normalized spacial score (nSPS) is 35.7. The number of aliphatic hydroxyl groups is 3. The maximum absolute atomic E-state index is 14.7. The van der Waals surface area contributed by atoms with Gasteiger partial charge in [-0.2, -0.15) is 0 Å². The van der Waals surface area contributed by atoms with Gasteiger partial charge in [-0.05, 0) is 82.5 Å². The Hall–Kier alpha value is -4.50. The molecule has 18 nitrogen and oxygen atoms in total. The van der Waals surface area contributed by atoms with Gasteiger partial charge in [0.25, 0.3) is 0 Å². The molecule has 0 aromatic heterocycles. The van der Waals surface area contributed by atoms with Crippen LogP contribution >= 0.6 is 0 Å². The first kappa shape index (κ1) is 52.4. The standard InChI is InChI=1S/C54H73N3O15/c1-31-36(67-48(62)42(60)41(33-15-11-9-12-16-33)55-49(63)72-50(3,4)5)28-54(64)46(70-47(61)34-17-13-10-14-18-34)44-52(8,37(59)27-38-53(44,30-66-38)71-32(2)58)45-43(40(31)51(54,6)7)68-39(69-45)29-56-21-19-35(20-22-56)57-23-25-65-26-24-57/h9-18,35-39,41-46,59-60,64H,19-30H2,1-8H3,(H,55,63)/t36-,37-,38?,39?,41-,42+,43+,44-,45+,46-,52+,53-,54+/m0/s1. The summed E-state index contributed by atoms with van der Waals surface area (Å²) in [5.41, 5.74) is -5.93. The van der Waals surface area contributed by atoms with Crippen LogP contribution in [0, 0.1) is 16.7 Å². The molecular formula is C54H73N3O15. The average molecular weight is 1000 g/mol. The van der Waals surface area contributed by atoms with Crippen LogP contribution in [0.3, 0.4) is 0 Å². The van der Waals surface area contributed by atoms with E-state index in [1.54, 1.807) is 88.4 Å². The van der Waals surface area contributed by atoms with Crippen molar-refractivity contribution in [1.29, 1.82) is 0 Å². The van der Waals surface area contributed by atoms with Gasteiger partial charge in [-0.3, -0.25) is 14.6 Å². The largest absolute Gasteiger partial charge is 0.456 e. The monoisotopic (exact) mass is 1000 g/mol. The summed E-state index contributed by atoms with van der Waals surface area (Å²) in [6.07, 6.45) is -9.18. The summed E-state index contributed by atoms with van der Waals surface area (Å²) >= 11 is 0. The molecule has 9 rings (SSSR count). The lowest BCUT2D eigenvalue weighted by molar-refractivity contribution is -0.362. The van der Waals surface area contributed by atoms with Gasteiger partial charge in [0.05, 0.1) is 49.6 Å². The number of piperidine rings is 1. The number of rotatable bonds is 11. The lowest BCUT2D eigenvalue weighted by atomic mass is 9.44. The third kappa shape index (κ3) is 9.48. The van der Waals surface area contributed by atoms with Gasteiger partial charge in [0, 0.05) is 56.3 Å². The van der Waals surface area contributed by atoms with Crippen molar-refractivity contribution in [3.63, 3.8) is 0 Å². The number of esters is 3. The lowest BCUT2D eigenvalue weighted by Crippen LogP contribution is -2.82. The molecule has 2 saturated carbocycles. The fraction of sp³-hybridized carbons (Fsp3) is 0.667. The van der Waals surface area contributed by atoms with E-state index in [-0.39, 0.29) is 25.0 Å². The molecule has 4 saturated heterocycles. The van der Waals surface area contributed by atoms with Gasteiger partial charge < -0.3 is 58.5 Å². The molecule has 4 heterocycles. The first-order valence-electron chi connectivity index (χ1n) is 25.5. The average Bonchev–Trinajstić information content (AvgIpc) is 3.75. The number of hydrogen-bond donors (Lipinski definition) is 4. The van der Waals surface area contributed by atoms with Crippen molar-refractivity contribution >= 4 is 24.0 Å². The fourth-order valence-corrected chi connectivity index (χ4v) is 13.1. The molecular weight excluding hydrogens is 931 g/mol. The van der Waals surface area contributed by atoms with Crippen molar-refractivity contribution in [2.45, 2.75) is 159 Å². The molecule has 2 aromatic rings. The highest BCUT2D eigenvalue weighted by molar-refractivity contribution is 5.89. The number of benzene rings is 2. The number of ether oxygens (including phenoxy) is 8. The fourth-order valence-electron chi connectivity index (χ4n) is 13.1. The van der Waals surface area contributed by atoms with Crippen molar-refractivity contribution in [1.82, 2.24) is 15.1 Å². The molecule has 0 radical (unpaired) electrons. The van der Waals surface area contributed by atoms with Crippen LogP contribution in [-0.4, -0.2) is 174 Å². The highest BCUT2D eigenvalue weighted by Gasteiger charge is 2.79. The van der Waals surface area contributed by atoms with E-state index in [0.29, 0.717) is 29.3 Å². The summed E-state index contributed by atoms with van der Waals surface area (Å²) in [6.45, 7) is 18.6. The van der Waals surface area contributed by atoms with Crippen LogP contribution in [-0.2, 0) is 47.5 Å². The van der Waals surface area contributed by atoms with Crippen molar-refractivity contribution in [3.05, 3.63) is 82.9 Å². The summed E-state index contributed by atoms with van der Waals surface area (Å²) in [5.74, 6) is -3.77. The Bertz CT molecular complexity index is 2350. The Labute approximate surface area is 421 Å². The highest BCUT2D eigenvalue weighted by atomic mass is 16.7. The van der Waals surface area contributed by atoms with Crippen LogP contribution in [0.25, 0.3) is 0 Å². The molecule has 394 valence electrons. The molecule has 2 unspecified atom stereocenters. The van der Waals surface area contributed by atoms with E-state index >= 15 is 0 Å². The zero-order valence-corrected chi connectivity index (χ0v) is 42.7. The number of amides is 1. The Morgan fingerprint density at radius 3 is 2.18 bits per heavy atom. The number of aliphatic hydroxyl groups excluding tert-OH is 2. The number of hydrogen-bond acceptors (Lipinski definition) is 17. The number of alkyl carbamates (subject to hydrolysis) is 1. The molecule has 1 amide bonds. The summed E-state index contributed by atoms with van der Waals surface area (Å²) in [6, 6.07) is 15.8. The van der Waals surface area contributed by atoms with E-state index in [1.165, 1.54) is 6.92 Å². The van der Waals surface area contributed by atoms with E-state index in [1.807, 2.05) is 20.8 Å². The van der Waals surface area contributed by atoms with Gasteiger partial charge in [-0.15, -0.1) is 0 Å². The Balaban J connectivity index is 1.14. The molecule has 3 aliphatic carbocycles. The third-order valence-electron chi connectivity index (χ3n) is 16.9. The van der Waals surface area contributed by atoms with Crippen LogP contribution in [0.4, 0.5) is 4.79 Å². The van der Waals surface area contributed by atoms with E-state index in [2.05, 4.69) is 15.1 Å². The zero-order valence-electron chi connectivity index (χ0n) is 42.7. The topological polar surface area (TPSA) is 221 Å². The minimum atomic E-state index is -2.19. The molecule has 2 aromatic carbocycles. The highest BCUT2D eigenvalue weighted by Crippen LogP contribution is 2.67. The van der Waals surface area contributed by atoms with Gasteiger partial charge in [0.1, 0.15) is 35.6 Å². The Morgan fingerprint density at radius 1 is 0.917 bits per heavy atom. The SMILES string of the molecule is CC(=O)O[C@@]12COC1C[C@H](O)[C@@]1(C)[C@@H]3OC(CN4CCC(N5CCOCC5)CC4)O[C@@H]3C3=C(C)[C@@H](OC(=O)[C@H](O)[C@@H](NC(=O)OC(C)(C)C)c4ccccc4)C[C@@](O)([C@@H](OC(=O)c4ccccc4)[C@@H]12)C3(C)C. The summed E-state index contributed by atoms with van der Waals surface area (Å²) < 4.78 is 51.0. The lowest BCUT2D eigenvalue weighted by Gasteiger charge is -2.68. The smallest absolute Gasteiger partial charge is 0.408 e. The van der Waals surface area contributed by atoms with E-state index in [0.717, 1.165) is 52.2 Å². The maximum Gasteiger partial charge on any atom is 0.408 e. The number of carbonyl (C=O) groups is 4. The Morgan fingerprint density at radius 2 is 1.57 bits per heavy atom. The predicted octanol–water partition coefficient (Wildman–Crippen LogP) is 4.24. The van der Waals surface area contributed by atoms with Crippen LogP contribution in [0.5, 0.6) is 0 Å². The third-order valence-corrected chi connectivity index (χ3v) is 16.9. The molecule has 4 aliphatic heterocycles. The summed E-state index contributed by atoms with van der Waals surface area (Å²) in [5, 5.41) is 41.4. The van der Waals surface area contributed by atoms with Crippen LogP contribution < -0.4 is 5.32 Å². The molecule has 7 aliphatic rings. The zero-order chi connectivity index (χ0) is 51.5. The number of likely N-dealkylation sites (tertiary alicyclic amines) is 1. The second-order valence-electron chi connectivity index (χ2n) is 22.6. The number of nitrogens with zero attached hydrogens (tertiary/aromatic N) is 2. The number of carbonyl (C=O) groups excluding carboxylic acids is 4. The molecule has 0 spiro atoms. The molecule has 72 heavy (non-hydrogen) atoms. The molecule has 2 bridgehead atoms. The summed E-state index contributed by atoms with van der Waals surface area (Å²) in [4.78, 5) is 60.7. The predicted molar refractivity (Wildman–Crippen MR) is 258 cm³/mol. The minimum absolute atomic E-state index is 0.0316. The van der Waals surface area contributed by atoms with E-state index < -0.39 is 113 Å². The first-order valence-corrected chi connectivity index (χ1v) is 25.5. The van der Waals surface area contributed by atoms with Gasteiger partial charge in [0.15, 0.2) is 18.0 Å². The van der Waals surface area contributed by atoms with Crippen molar-refractivity contribution < 1.29 is 72.4 Å². The van der Waals surface area contributed by atoms with Gasteiger partial charge in [-0.25, -0.2) is 14.4 Å². The van der Waals surface area contributed by atoms with E-state index in [9.17, 15) is 34.5 Å². The van der Waals surface area contributed by atoms with Crippen LogP contribution in [0.15, 0.2) is 71.8 Å². The van der Waals surface area contributed by atoms with Crippen molar-refractivity contribution in [2.75, 3.05) is 52.5 Å². The summed E-state index contributed by atoms with van der Waals surface area (Å²) in [7, 11) is 0. The molecule has 13 atom stereocenters. The van der Waals surface area contributed by atoms with Crippen molar-refractivity contribution in [2.24, 2.45) is 16.7 Å². The quantitative estimate of drug-likeness (QED) is 0.141. The van der Waals surface area contributed by atoms with Gasteiger partial charge in [0.2, 0.25) is 0 Å². The number of morpholine rings is 1. The molecule has 18 heteroatoms. The van der Waals surface area contributed by atoms with Gasteiger partial charge in [-0.1, -0.05) is 69.3 Å². The van der Waals surface area contributed by atoms with E-state index in [4.69, 9.17) is 37.9 Å². The van der Waals surface area contributed by atoms with Gasteiger partial charge >= 0.3 is 24.0 Å². The Kier molecular flexibility index (Phi) is 14.5. The molecule has 6 fully saturated rings. The van der Waals surface area contributed by atoms with Crippen LogP contribution in [0.1, 0.15) is 103 Å². The minimum Gasteiger partial charge on any atom is -0.456 e. The second-order valence-corrected chi connectivity index (χ2v) is 22.6. The maximum atomic E-state index is 14.7. The number of nitrogens with one attached hydrogen (secondary N) is 1. The number of fused-ring (bicyclic) bond motifs is 8.